The van der Waals surface area contributed by atoms with Crippen LogP contribution in [0.5, 0.6) is 0 Å². The summed E-state index contributed by atoms with van der Waals surface area (Å²) in [5.41, 5.74) is 9.81. The van der Waals surface area contributed by atoms with Gasteiger partial charge in [0.05, 0.1) is 11.6 Å². The molecule has 0 radical (unpaired) electrons. The molecule has 4 saturated carbocycles. The lowest BCUT2D eigenvalue weighted by atomic mass is 9.48. The minimum Gasteiger partial charge on any atom is -0.208 e. The third-order valence-corrected chi connectivity index (χ3v) is 13.1. The van der Waals surface area contributed by atoms with Crippen LogP contribution in [-0.2, 0) is 5.41 Å². The lowest BCUT2D eigenvalue weighted by molar-refractivity contribution is -0.00518. The van der Waals surface area contributed by atoms with Gasteiger partial charge < -0.3 is 0 Å². The Hall–Kier alpha value is -6.44. The molecule has 0 unspecified atom stereocenters. The molecule has 0 aliphatic heterocycles. The molecule has 1 aromatic heterocycles. The molecule has 0 N–H and O–H groups in total. The van der Waals surface area contributed by atoms with Gasteiger partial charge in [-0.2, -0.15) is 5.26 Å². The van der Waals surface area contributed by atoms with Crippen molar-refractivity contribution >= 4 is 21.5 Å². The molecule has 0 spiro atoms. The van der Waals surface area contributed by atoms with E-state index in [0.29, 0.717) is 28.5 Å². The van der Waals surface area contributed by atoms with Crippen LogP contribution in [-0.4, -0.2) is 15.0 Å². The largest absolute Gasteiger partial charge is 0.208 e. The van der Waals surface area contributed by atoms with Crippen LogP contribution < -0.4 is 0 Å². The zero-order chi connectivity index (χ0) is 37.2. The SMILES string of the molecule is N#Cc1cccc(-c2ccc(-c3nc(-c4ccc(-c5cccc6ccccc56)cc4)nc(-c4ccc(C56CC7CC(CC(C7)C5)C6)cc4)n3)c3ccccc23)c1. The number of benzene rings is 7. The predicted molar refractivity (Wildman–Crippen MR) is 227 cm³/mol. The van der Waals surface area contributed by atoms with Crippen LogP contribution in [0.1, 0.15) is 49.7 Å². The first-order valence-corrected chi connectivity index (χ1v) is 20.1. The van der Waals surface area contributed by atoms with Crippen molar-refractivity contribution in [2.75, 3.05) is 0 Å². The summed E-state index contributed by atoms with van der Waals surface area (Å²) in [5.74, 6) is 4.67. The number of rotatable bonds is 6. The van der Waals surface area contributed by atoms with Crippen molar-refractivity contribution in [1.82, 2.24) is 15.0 Å². The molecule has 8 aromatic rings. The quantitative estimate of drug-likeness (QED) is 0.172. The average molecular weight is 721 g/mol. The van der Waals surface area contributed by atoms with Gasteiger partial charge in [0.15, 0.2) is 17.5 Å². The van der Waals surface area contributed by atoms with Crippen molar-refractivity contribution in [2.24, 2.45) is 17.8 Å². The second kappa shape index (κ2) is 13.1. The highest BCUT2D eigenvalue weighted by molar-refractivity contribution is 6.04. The fourth-order valence-corrected chi connectivity index (χ4v) is 11.0. The maximum absolute atomic E-state index is 9.63. The second-order valence-electron chi connectivity index (χ2n) is 16.6. The van der Waals surface area contributed by atoms with Gasteiger partial charge in [-0.05, 0) is 129 Å². The first-order valence-electron chi connectivity index (χ1n) is 20.1. The zero-order valence-electron chi connectivity index (χ0n) is 31.2. The van der Waals surface area contributed by atoms with Gasteiger partial charge >= 0.3 is 0 Å². The molecule has 12 rings (SSSR count). The molecule has 1 heterocycles. The van der Waals surface area contributed by atoms with Crippen LogP contribution in [0.2, 0.25) is 0 Å². The number of aromatic nitrogens is 3. The maximum Gasteiger partial charge on any atom is 0.164 e. The van der Waals surface area contributed by atoms with Crippen LogP contribution in [0.25, 0.3) is 78.0 Å². The van der Waals surface area contributed by atoms with Crippen molar-refractivity contribution in [2.45, 2.75) is 43.9 Å². The molecular weight excluding hydrogens is 681 g/mol. The smallest absolute Gasteiger partial charge is 0.164 e. The lowest BCUT2D eigenvalue weighted by Crippen LogP contribution is -2.48. The summed E-state index contributed by atoms with van der Waals surface area (Å²) in [7, 11) is 0. The number of hydrogen-bond donors (Lipinski definition) is 0. The Morgan fingerprint density at radius 3 is 1.64 bits per heavy atom. The van der Waals surface area contributed by atoms with E-state index in [2.05, 4.69) is 140 Å². The van der Waals surface area contributed by atoms with E-state index in [4.69, 9.17) is 15.0 Å². The van der Waals surface area contributed by atoms with E-state index < -0.39 is 0 Å². The summed E-state index contributed by atoms with van der Waals surface area (Å²) >= 11 is 0. The summed E-state index contributed by atoms with van der Waals surface area (Å²) < 4.78 is 0. The van der Waals surface area contributed by atoms with Crippen molar-refractivity contribution in [3.63, 3.8) is 0 Å². The van der Waals surface area contributed by atoms with Crippen LogP contribution in [0, 0.1) is 29.1 Å². The first kappa shape index (κ1) is 32.9. The normalized spacial score (nSPS) is 21.0. The summed E-state index contributed by atoms with van der Waals surface area (Å²) in [6, 6.07) is 55.7. The van der Waals surface area contributed by atoms with Gasteiger partial charge in [0, 0.05) is 16.7 Å². The van der Waals surface area contributed by atoms with E-state index in [-0.39, 0.29) is 0 Å². The fraction of sp³-hybridized carbons (Fsp3) is 0.192. The first-order chi connectivity index (χ1) is 27.6. The molecule has 4 heteroatoms. The zero-order valence-corrected chi connectivity index (χ0v) is 31.2. The van der Waals surface area contributed by atoms with E-state index in [0.717, 1.165) is 61.9 Å². The Balaban J connectivity index is 1.03. The minimum atomic E-state index is 0.335. The molecular formula is C52H40N4. The van der Waals surface area contributed by atoms with E-state index in [1.54, 1.807) is 0 Å². The van der Waals surface area contributed by atoms with Gasteiger partial charge in [0.2, 0.25) is 0 Å². The standard InChI is InChI=1S/C52H40N4/c53-32-33-7-5-10-41(28-33)45-23-24-48(47-13-4-3-12-46(45)47)51-55-49(39-17-15-38(16-18-39)44-14-6-9-37-8-1-2-11-43(37)44)54-50(56-51)40-19-21-42(22-20-40)52-29-34-25-35(30-52)27-36(26-34)31-52/h1-24,28,34-36H,25-27,29-31H2. The van der Waals surface area contributed by atoms with Crippen LogP contribution in [0.4, 0.5) is 0 Å². The van der Waals surface area contributed by atoms with Gasteiger partial charge in [-0.25, -0.2) is 15.0 Å². The molecule has 7 aromatic carbocycles. The number of nitriles is 1. The van der Waals surface area contributed by atoms with Crippen molar-refractivity contribution in [3.8, 4) is 62.5 Å². The van der Waals surface area contributed by atoms with Gasteiger partial charge in [-0.3, -0.25) is 0 Å². The predicted octanol–water partition coefficient (Wildman–Crippen LogP) is 12.9. The molecule has 4 bridgehead atoms. The fourth-order valence-electron chi connectivity index (χ4n) is 11.0. The van der Waals surface area contributed by atoms with E-state index >= 15 is 0 Å². The summed E-state index contributed by atoms with van der Waals surface area (Å²) in [6.07, 6.45) is 8.36. The second-order valence-corrected chi connectivity index (χ2v) is 16.6. The number of nitrogens with zero attached hydrogens (tertiary/aromatic N) is 4. The average Bonchev–Trinajstić information content (AvgIpc) is 3.25. The van der Waals surface area contributed by atoms with E-state index in [9.17, 15) is 5.26 Å². The molecule has 56 heavy (non-hydrogen) atoms. The number of fused-ring (bicyclic) bond motifs is 2. The van der Waals surface area contributed by atoms with Gasteiger partial charge in [0.25, 0.3) is 0 Å². The molecule has 4 aliphatic carbocycles. The van der Waals surface area contributed by atoms with Gasteiger partial charge in [-0.15, -0.1) is 0 Å². The van der Waals surface area contributed by atoms with Crippen molar-refractivity contribution < 1.29 is 0 Å². The lowest BCUT2D eigenvalue weighted by Gasteiger charge is -2.57. The monoisotopic (exact) mass is 720 g/mol. The molecule has 0 atom stereocenters. The number of hydrogen-bond acceptors (Lipinski definition) is 4. The highest BCUT2D eigenvalue weighted by Crippen LogP contribution is 2.60. The maximum atomic E-state index is 9.63. The highest BCUT2D eigenvalue weighted by Gasteiger charge is 2.51. The molecule has 268 valence electrons. The summed E-state index contributed by atoms with van der Waals surface area (Å²) in [4.78, 5) is 15.6. The third-order valence-electron chi connectivity index (χ3n) is 13.1. The Bertz CT molecular complexity index is 2810. The van der Waals surface area contributed by atoms with Crippen LogP contribution in [0.15, 0.2) is 152 Å². The molecule has 4 fully saturated rings. The van der Waals surface area contributed by atoms with E-state index in [1.165, 1.54) is 60.4 Å². The molecule has 4 nitrogen and oxygen atoms in total. The highest BCUT2D eigenvalue weighted by atomic mass is 15.0. The van der Waals surface area contributed by atoms with E-state index in [1.807, 2.05) is 18.2 Å². The molecule has 0 saturated heterocycles. The summed E-state index contributed by atoms with van der Waals surface area (Å²) in [6.45, 7) is 0. The Morgan fingerprint density at radius 2 is 0.964 bits per heavy atom. The van der Waals surface area contributed by atoms with Crippen LogP contribution in [0.3, 0.4) is 0 Å². The molecule has 0 amide bonds. The van der Waals surface area contributed by atoms with Crippen LogP contribution >= 0.6 is 0 Å². The van der Waals surface area contributed by atoms with Gasteiger partial charge in [-0.1, -0.05) is 133 Å². The topological polar surface area (TPSA) is 62.5 Å². The third kappa shape index (κ3) is 5.61. The Kier molecular flexibility index (Phi) is 7.71. The minimum absolute atomic E-state index is 0.335. The Labute approximate surface area is 327 Å². The molecule has 4 aliphatic rings. The summed E-state index contributed by atoms with van der Waals surface area (Å²) in [5, 5.41) is 14.2. The van der Waals surface area contributed by atoms with Crippen molar-refractivity contribution in [3.05, 3.63) is 163 Å². The van der Waals surface area contributed by atoms with Crippen molar-refractivity contribution in [1.29, 1.82) is 5.26 Å². The Morgan fingerprint density at radius 1 is 0.446 bits per heavy atom. The van der Waals surface area contributed by atoms with Gasteiger partial charge in [0.1, 0.15) is 0 Å².